The zero-order valence-electron chi connectivity index (χ0n) is 11.0. The highest BCUT2D eigenvalue weighted by Gasteiger charge is 2.37. The van der Waals surface area contributed by atoms with Crippen LogP contribution >= 0.6 is 11.6 Å². The molecule has 98 valence electrons. The van der Waals surface area contributed by atoms with Gasteiger partial charge in [0.05, 0.1) is 4.75 Å². The van der Waals surface area contributed by atoms with Crippen LogP contribution in [0.4, 0.5) is 0 Å². The third kappa shape index (κ3) is 3.60. The number of hydrogen-bond donors (Lipinski definition) is 0. The molecule has 0 unspecified atom stereocenters. The molecule has 0 N–H and O–H groups in total. The summed E-state index contributed by atoms with van der Waals surface area (Å²) in [6.07, 6.45) is 1.64. The van der Waals surface area contributed by atoms with Gasteiger partial charge in [0, 0.05) is 18.5 Å². The summed E-state index contributed by atoms with van der Waals surface area (Å²) in [4.78, 5) is 0. The smallest absolute Gasteiger partial charge is 0.212 e. The van der Waals surface area contributed by atoms with E-state index in [1.165, 1.54) is 0 Å². The number of alkyl halides is 1. The van der Waals surface area contributed by atoms with Gasteiger partial charge in [0.2, 0.25) is 10.0 Å². The summed E-state index contributed by atoms with van der Waals surface area (Å²) in [5.41, 5.74) is 0. The van der Waals surface area contributed by atoms with Gasteiger partial charge in [-0.15, -0.1) is 11.6 Å². The van der Waals surface area contributed by atoms with Gasteiger partial charge in [-0.3, -0.25) is 0 Å². The standard InChI is InChI=1S/C11H24ClNO2S/c1-6-10(7-2)13(9-8-12)16(14,15)11(3,4)5/h10H,6-9H2,1-5H3. The molecule has 0 saturated carbocycles. The molecule has 0 aromatic carbocycles. The molecular formula is C11H24ClNO2S. The molecule has 0 fully saturated rings. The van der Waals surface area contributed by atoms with Crippen molar-refractivity contribution in [1.29, 1.82) is 0 Å². The average molecular weight is 270 g/mol. The average Bonchev–Trinajstić information content (AvgIpc) is 2.16. The lowest BCUT2D eigenvalue weighted by Crippen LogP contribution is -2.48. The molecule has 3 nitrogen and oxygen atoms in total. The number of hydrogen-bond acceptors (Lipinski definition) is 2. The van der Waals surface area contributed by atoms with Gasteiger partial charge < -0.3 is 0 Å². The zero-order chi connectivity index (χ0) is 13.0. The summed E-state index contributed by atoms with van der Waals surface area (Å²) in [5, 5.41) is 0. The monoisotopic (exact) mass is 269 g/mol. The normalized spacial score (nSPS) is 13.8. The van der Waals surface area contributed by atoms with Gasteiger partial charge in [0.25, 0.3) is 0 Å². The topological polar surface area (TPSA) is 37.4 Å². The molecule has 0 aliphatic rings. The SMILES string of the molecule is CCC(CC)N(CCCl)S(=O)(=O)C(C)(C)C. The van der Waals surface area contributed by atoms with Crippen LogP contribution in [-0.2, 0) is 10.0 Å². The van der Waals surface area contributed by atoms with Crippen LogP contribution in [0.25, 0.3) is 0 Å². The predicted molar refractivity (Wildman–Crippen MR) is 70.5 cm³/mol. The molecule has 0 heterocycles. The van der Waals surface area contributed by atoms with Crippen molar-refractivity contribution in [3.8, 4) is 0 Å². The second kappa shape index (κ2) is 6.22. The molecule has 0 aliphatic heterocycles. The molecular weight excluding hydrogens is 246 g/mol. The van der Waals surface area contributed by atoms with Gasteiger partial charge in [-0.2, -0.15) is 4.31 Å². The number of halogens is 1. The molecule has 0 atom stereocenters. The van der Waals surface area contributed by atoms with Gasteiger partial charge in [-0.05, 0) is 33.6 Å². The minimum atomic E-state index is -3.28. The van der Waals surface area contributed by atoms with E-state index in [9.17, 15) is 8.42 Å². The van der Waals surface area contributed by atoms with E-state index in [0.717, 1.165) is 12.8 Å². The second-order valence-electron chi connectivity index (χ2n) is 4.89. The van der Waals surface area contributed by atoms with E-state index in [1.807, 2.05) is 13.8 Å². The Morgan fingerprint density at radius 3 is 1.88 bits per heavy atom. The minimum Gasteiger partial charge on any atom is -0.212 e. The van der Waals surface area contributed by atoms with Gasteiger partial charge in [0.15, 0.2) is 0 Å². The lowest BCUT2D eigenvalue weighted by atomic mass is 10.2. The highest BCUT2D eigenvalue weighted by molar-refractivity contribution is 7.90. The van der Waals surface area contributed by atoms with Crippen molar-refractivity contribution in [2.75, 3.05) is 12.4 Å². The molecule has 0 aromatic heterocycles. The van der Waals surface area contributed by atoms with E-state index in [0.29, 0.717) is 12.4 Å². The van der Waals surface area contributed by atoms with Crippen molar-refractivity contribution in [2.45, 2.75) is 58.2 Å². The van der Waals surface area contributed by atoms with Crippen molar-refractivity contribution in [3.05, 3.63) is 0 Å². The van der Waals surface area contributed by atoms with Crippen molar-refractivity contribution in [2.24, 2.45) is 0 Å². The summed E-state index contributed by atoms with van der Waals surface area (Å²) in [6, 6.07) is 0.0583. The molecule has 0 aromatic rings. The third-order valence-corrected chi connectivity index (χ3v) is 5.55. The molecule has 0 spiro atoms. The van der Waals surface area contributed by atoms with Crippen LogP contribution in [0, 0.1) is 0 Å². The quantitative estimate of drug-likeness (QED) is 0.696. The first-order valence-electron chi connectivity index (χ1n) is 5.79. The first kappa shape index (κ1) is 16.2. The Morgan fingerprint density at radius 1 is 1.19 bits per heavy atom. The molecule has 0 amide bonds. The van der Waals surface area contributed by atoms with Crippen molar-refractivity contribution in [1.82, 2.24) is 4.31 Å². The molecule has 0 bridgehead atoms. The fourth-order valence-corrected chi connectivity index (χ4v) is 3.64. The maximum atomic E-state index is 12.4. The first-order chi connectivity index (χ1) is 7.22. The minimum absolute atomic E-state index is 0.0583. The van der Waals surface area contributed by atoms with Gasteiger partial charge in [-0.1, -0.05) is 13.8 Å². The van der Waals surface area contributed by atoms with Crippen LogP contribution in [0.3, 0.4) is 0 Å². The van der Waals surface area contributed by atoms with Crippen LogP contribution < -0.4 is 0 Å². The molecule has 0 rings (SSSR count). The fourth-order valence-electron chi connectivity index (χ4n) is 1.63. The van der Waals surface area contributed by atoms with E-state index < -0.39 is 14.8 Å². The van der Waals surface area contributed by atoms with Crippen LogP contribution in [-0.4, -0.2) is 35.9 Å². The van der Waals surface area contributed by atoms with Crippen molar-refractivity contribution in [3.63, 3.8) is 0 Å². The van der Waals surface area contributed by atoms with E-state index in [-0.39, 0.29) is 6.04 Å². The Balaban J connectivity index is 5.20. The summed E-state index contributed by atoms with van der Waals surface area (Å²) in [5.74, 6) is 0.339. The molecule has 5 heteroatoms. The van der Waals surface area contributed by atoms with Gasteiger partial charge >= 0.3 is 0 Å². The fraction of sp³-hybridized carbons (Fsp3) is 1.00. The van der Waals surface area contributed by atoms with Crippen LogP contribution in [0.5, 0.6) is 0 Å². The second-order valence-corrected chi connectivity index (χ2v) is 7.91. The lowest BCUT2D eigenvalue weighted by molar-refractivity contribution is 0.308. The van der Waals surface area contributed by atoms with Crippen LogP contribution in [0.2, 0.25) is 0 Å². The Hall–Kier alpha value is 0.200. The molecule has 0 radical (unpaired) electrons. The maximum Gasteiger partial charge on any atom is 0.219 e. The highest BCUT2D eigenvalue weighted by atomic mass is 35.5. The predicted octanol–water partition coefficient (Wildman–Crippen LogP) is 2.84. The van der Waals surface area contributed by atoms with Crippen LogP contribution in [0.1, 0.15) is 47.5 Å². The number of sulfonamides is 1. The Morgan fingerprint density at radius 2 is 1.62 bits per heavy atom. The van der Waals surface area contributed by atoms with Gasteiger partial charge in [0.1, 0.15) is 0 Å². The number of rotatable bonds is 6. The summed E-state index contributed by atoms with van der Waals surface area (Å²) in [6.45, 7) is 9.60. The van der Waals surface area contributed by atoms with E-state index in [4.69, 9.17) is 11.6 Å². The first-order valence-corrected chi connectivity index (χ1v) is 7.77. The van der Waals surface area contributed by atoms with Crippen molar-refractivity contribution >= 4 is 21.6 Å². The van der Waals surface area contributed by atoms with Crippen LogP contribution in [0.15, 0.2) is 0 Å². The Labute approximate surface area is 105 Å². The highest BCUT2D eigenvalue weighted by Crippen LogP contribution is 2.24. The van der Waals surface area contributed by atoms with E-state index in [2.05, 4.69) is 0 Å². The van der Waals surface area contributed by atoms with E-state index >= 15 is 0 Å². The Bertz CT molecular complexity index is 292. The molecule has 0 saturated heterocycles. The Kier molecular flexibility index (Phi) is 6.30. The van der Waals surface area contributed by atoms with Crippen molar-refractivity contribution < 1.29 is 8.42 Å². The zero-order valence-corrected chi connectivity index (χ0v) is 12.5. The molecule has 16 heavy (non-hydrogen) atoms. The summed E-state index contributed by atoms with van der Waals surface area (Å²) < 4.78 is 25.5. The molecule has 0 aliphatic carbocycles. The number of nitrogens with zero attached hydrogens (tertiary/aromatic N) is 1. The summed E-state index contributed by atoms with van der Waals surface area (Å²) >= 11 is 5.70. The largest absolute Gasteiger partial charge is 0.219 e. The lowest BCUT2D eigenvalue weighted by Gasteiger charge is -2.34. The maximum absolute atomic E-state index is 12.4. The summed E-state index contributed by atoms with van der Waals surface area (Å²) in [7, 11) is -3.28. The van der Waals surface area contributed by atoms with E-state index in [1.54, 1.807) is 25.1 Å². The third-order valence-electron chi connectivity index (χ3n) is 2.74. The van der Waals surface area contributed by atoms with Gasteiger partial charge in [-0.25, -0.2) is 8.42 Å².